The van der Waals surface area contributed by atoms with Crippen LogP contribution < -0.4 is 5.69 Å². The molecule has 78 valence electrons. The molecule has 14 heavy (non-hydrogen) atoms. The zero-order valence-electron chi connectivity index (χ0n) is 8.12. The van der Waals surface area contributed by atoms with Crippen molar-refractivity contribution in [1.82, 2.24) is 9.55 Å². The first-order valence-corrected chi connectivity index (χ1v) is 4.68. The summed E-state index contributed by atoms with van der Waals surface area (Å²) in [5.41, 5.74) is -0.315. The normalized spacial score (nSPS) is 10.4. The van der Waals surface area contributed by atoms with E-state index < -0.39 is 5.97 Å². The number of imidazole rings is 1. The van der Waals surface area contributed by atoms with E-state index in [-0.39, 0.29) is 11.4 Å². The second-order valence-corrected chi connectivity index (χ2v) is 3.14. The molecule has 0 fully saturated rings. The van der Waals surface area contributed by atoms with Crippen LogP contribution in [0, 0.1) is 0 Å². The highest BCUT2D eigenvalue weighted by molar-refractivity contribution is 5.85. The van der Waals surface area contributed by atoms with E-state index in [9.17, 15) is 9.59 Å². The van der Waals surface area contributed by atoms with Crippen molar-refractivity contribution in [3.63, 3.8) is 0 Å². The van der Waals surface area contributed by atoms with E-state index >= 15 is 0 Å². The third-order valence-corrected chi connectivity index (χ3v) is 2.07. The molecule has 0 radical (unpaired) electrons. The molecule has 0 aliphatic heterocycles. The third-order valence-electron chi connectivity index (χ3n) is 2.07. The molecule has 1 heterocycles. The van der Waals surface area contributed by atoms with Gasteiger partial charge < -0.3 is 10.1 Å². The van der Waals surface area contributed by atoms with Gasteiger partial charge in [0.2, 0.25) is 0 Å². The molecular weight excluding hydrogens is 184 g/mol. The number of hydrogen-bond donors (Lipinski definition) is 2. The minimum atomic E-state index is -1.07. The van der Waals surface area contributed by atoms with Crippen LogP contribution in [0.4, 0.5) is 0 Å². The van der Waals surface area contributed by atoms with Gasteiger partial charge in [-0.1, -0.05) is 19.8 Å². The van der Waals surface area contributed by atoms with Crippen LogP contribution in [0.15, 0.2) is 11.0 Å². The molecule has 1 aromatic heterocycles. The van der Waals surface area contributed by atoms with E-state index in [1.165, 1.54) is 10.8 Å². The second-order valence-electron chi connectivity index (χ2n) is 3.14. The van der Waals surface area contributed by atoms with Crippen molar-refractivity contribution < 1.29 is 9.90 Å². The van der Waals surface area contributed by atoms with Gasteiger partial charge in [0, 0.05) is 12.7 Å². The zero-order chi connectivity index (χ0) is 10.6. The van der Waals surface area contributed by atoms with Crippen LogP contribution in [-0.4, -0.2) is 20.6 Å². The molecule has 0 amide bonds. The number of unbranched alkanes of at least 4 members (excludes halogenated alkanes) is 2. The van der Waals surface area contributed by atoms with Gasteiger partial charge in [-0.2, -0.15) is 0 Å². The lowest BCUT2D eigenvalue weighted by molar-refractivity contribution is 0.0684. The second kappa shape index (κ2) is 4.64. The van der Waals surface area contributed by atoms with Crippen molar-refractivity contribution in [2.75, 3.05) is 0 Å². The molecule has 0 aromatic carbocycles. The van der Waals surface area contributed by atoms with E-state index in [1.54, 1.807) is 0 Å². The first-order valence-electron chi connectivity index (χ1n) is 4.68. The Bertz CT molecular complexity index is 364. The summed E-state index contributed by atoms with van der Waals surface area (Å²) in [6, 6.07) is 0. The first kappa shape index (κ1) is 10.6. The van der Waals surface area contributed by atoms with Gasteiger partial charge in [-0.05, 0) is 6.42 Å². The van der Waals surface area contributed by atoms with E-state index in [1.807, 2.05) is 0 Å². The molecule has 2 N–H and O–H groups in total. The van der Waals surface area contributed by atoms with Gasteiger partial charge in [-0.3, -0.25) is 4.57 Å². The minimum absolute atomic E-state index is 0.0334. The van der Waals surface area contributed by atoms with Crippen LogP contribution in [0.5, 0.6) is 0 Å². The predicted octanol–water partition coefficient (Wildman–Crippen LogP) is 1.06. The largest absolute Gasteiger partial charge is 0.477 e. The molecule has 0 spiro atoms. The number of aromatic carboxylic acids is 1. The summed E-state index contributed by atoms with van der Waals surface area (Å²) in [4.78, 5) is 24.2. The number of aromatic amines is 1. The predicted molar refractivity (Wildman–Crippen MR) is 51.5 cm³/mol. The van der Waals surface area contributed by atoms with Crippen molar-refractivity contribution >= 4 is 5.97 Å². The Morgan fingerprint density at radius 1 is 1.57 bits per heavy atom. The molecule has 0 bridgehead atoms. The topological polar surface area (TPSA) is 75.1 Å². The molecular formula is C9H14N2O3. The lowest BCUT2D eigenvalue weighted by Gasteiger charge is -2.02. The number of rotatable bonds is 5. The van der Waals surface area contributed by atoms with Gasteiger partial charge in [0.15, 0.2) is 0 Å². The van der Waals surface area contributed by atoms with Gasteiger partial charge in [-0.15, -0.1) is 0 Å². The van der Waals surface area contributed by atoms with Crippen LogP contribution in [-0.2, 0) is 6.54 Å². The summed E-state index contributed by atoms with van der Waals surface area (Å²) in [7, 11) is 0. The lowest BCUT2D eigenvalue weighted by Crippen LogP contribution is -2.21. The smallest absolute Gasteiger partial charge is 0.354 e. The van der Waals surface area contributed by atoms with Crippen LogP contribution >= 0.6 is 0 Å². The minimum Gasteiger partial charge on any atom is -0.477 e. The molecule has 0 atom stereocenters. The fraction of sp³-hybridized carbons (Fsp3) is 0.556. The van der Waals surface area contributed by atoms with Crippen LogP contribution in [0.1, 0.15) is 36.7 Å². The maximum absolute atomic E-state index is 11.2. The fourth-order valence-electron chi connectivity index (χ4n) is 1.31. The molecule has 0 aliphatic carbocycles. The van der Waals surface area contributed by atoms with Crippen molar-refractivity contribution in [2.45, 2.75) is 32.7 Å². The van der Waals surface area contributed by atoms with Gasteiger partial charge in [0.25, 0.3) is 0 Å². The molecule has 1 aromatic rings. The highest BCUT2D eigenvalue weighted by Crippen LogP contribution is 2.00. The molecule has 0 unspecified atom stereocenters. The standard InChI is InChI=1S/C9H14N2O3/c1-2-3-4-5-11-7(8(12)13)6-10-9(11)14/h6H,2-5H2,1H3,(H,10,14)(H,12,13). The SMILES string of the molecule is CCCCCn1c(C(=O)O)c[nH]c1=O. The van der Waals surface area contributed by atoms with Crippen LogP contribution in [0.2, 0.25) is 0 Å². The number of aromatic nitrogens is 2. The highest BCUT2D eigenvalue weighted by Gasteiger charge is 2.11. The third kappa shape index (κ3) is 2.25. The maximum Gasteiger partial charge on any atom is 0.354 e. The average molecular weight is 198 g/mol. The molecule has 1 rings (SSSR count). The Morgan fingerprint density at radius 2 is 2.29 bits per heavy atom. The summed E-state index contributed by atoms with van der Waals surface area (Å²) in [6.07, 6.45) is 4.10. The van der Waals surface area contributed by atoms with E-state index in [0.29, 0.717) is 6.54 Å². The summed E-state index contributed by atoms with van der Waals surface area (Å²) >= 11 is 0. The van der Waals surface area contributed by atoms with Gasteiger partial charge in [-0.25, -0.2) is 9.59 Å². The Kier molecular flexibility index (Phi) is 3.50. The molecule has 0 saturated heterocycles. The quantitative estimate of drug-likeness (QED) is 0.695. The Labute approximate surface area is 81.4 Å². The van der Waals surface area contributed by atoms with Crippen molar-refractivity contribution in [3.8, 4) is 0 Å². The fourth-order valence-corrected chi connectivity index (χ4v) is 1.31. The summed E-state index contributed by atoms with van der Waals surface area (Å²) in [5.74, 6) is -1.07. The zero-order valence-corrected chi connectivity index (χ0v) is 8.12. The van der Waals surface area contributed by atoms with E-state index in [2.05, 4.69) is 11.9 Å². The number of nitrogens with one attached hydrogen (secondary N) is 1. The summed E-state index contributed by atoms with van der Waals surface area (Å²) in [6.45, 7) is 2.52. The number of carbonyl (C=O) groups is 1. The van der Waals surface area contributed by atoms with Gasteiger partial charge >= 0.3 is 11.7 Å². The van der Waals surface area contributed by atoms with Crippen LogP contribution in [0.25, 0.3) is 0 Å². The molecule has 0 aliphatic rings. The lowest BCUT2D eigenvalue weighted by atomic mass is 10.2. The molecule has 5 heteroatoms. The average Bonchev–Trinajstić information content (AvgIpc) is 2.48. The number of H-pyrrole nitrogens is 1. The van der Waals surface area contributed by atoms with E-state index in [4.69, 9.17) is 5.11 Å². The van der Waals surface area contributed by atoms with Gasteiger partial charge in [0.1, 0.15) is 5.69 Å². The number of carboxylic acids is 1. The molecule has 5 nitrogen and oxygen atoms in total. The van der Waals surface area contributed by atoms with Crippen LogP contribution in [0.3, 0.4) is 0 Å². The molecule has 0 saturated carbocycles. The number of hydrogen-bond acceptors (Lipinski definition) is 2. The number of nitrogens with zero attached hydrogens (tertiary/aromatic N) is 1. The van der Waals surface area contributed by atoms with Crippen molar-refractivity contribution in [1.29, 1.82) is 0 Å². The summed E-state index contributed by atoms with van der Waals surface area (Å²) < 4.78 is 1.26. The number of carboxylic acid groups (broad SMARTS) is 1. The van der Waals surface area contributed by atoms with Crippen molar-refractivity contribution in [3.05, 3.63) is 22.4 Å². The summed E-state index contributed by atoms with van der Waals surface area (Å²) in [5, 5.41) is 8.76. The Hall–Kier alpha value is -1.52. The monoisotopic (exact) mass is 198 g/mol. The highest BCUT2D eigenvalue weighted by atomic mass is 16.4. The van der Waals surface area contributed by atoms with Crippen molar-refractivity contribution in [2.24, 2.45) is 0 Å². The Morgan fingerprint density at radius 3 is 2.86 bits per heavy atom. The van der Waals surface area contributed by atoms with E-state index in [0.717, 1.165) is 19.3 Å². The first-order chi connectivity index (χ1) is 6.66. The maximum atomic E-state index is 11.2. The van der Waals surface area contributed by atoms with Gasteiger partial charge in [0.05, 0.1) is 0 Å². The Balaban J connectivity index is 2.78.